The number of benzene rings is 2. The molecule has 0 aliphatic carbocycles. The molecule has 20 heavy (non-hydrogen) atoms. The Labute approximate surface area is 122 Å². The molecule has 0 bridgehead atoms. The normalized spacial score (nSPS) is 22.6. The Morgan fingerprint density at radius 2 is 1.80 bits per heavy atom. The van der Waals surface area contributed by atoms with Gasteiger partial charge in [0.2, 0.25) is 0 Å². The second-order valence-electron chi connectivity index (χ2n) is 5.26. The van der Waals surface area contributed by atoms with Gasteiger partial charge in [0.25, 0.3) is 0 Å². The monoisotopic (exact) mass is 281 g/mol. The van der Waals surface area contributed by atoms with Crippen LogP contribution in [0.15, 0.2) is 48.5 Å². The maximum absolute atomic E-state index is 9.55. The summed E-state index contributed by atoms with van der Waals surface area (Å²) in [7, 11) is 3.79. The van der Waals surface area contributed by atoms with Crippen molar-refractivity contribution in [1.29, 1.82) is 0 Å². The first-order valence-electron chi connectivity index (χ1n) is 6.96. The van der Waals surface area contributed by atoms with E-state index in [-0.39, 0.29) is 5.22 Å². The van der Waals surface area contributed by atoms with Gasteiger partial charge in [-0.15, -0.1) is 0 Å². The largest absolute Gasteiger partial charge is 0.508 e. The lowest BCUT2D eigenvalue weighted by Gasteiger charge is -2.34. The van der Waals surface area contributed by atoms with E-state index in [0.717, 1.165) is 36.1 Å². The maximum atomic E-state index is 9.55. The molecule has 1 N–H and O–H groups in total. The van der Waals surface area contributed by atoms with Gasteiger partial charge in [0.1, 0.15) is 5.75 Å². The van der Waals surface area contributed by atoms with Crippen molar-refractivity contribution in [2.45, 2.75) is 24.5 Å². The molecule has 0 aromatic heterocycles. The van der Waals surface area contributed by atoms with Crippen LogP contribution >= 0.6 is 0 Å². The highest BCUT2D eigenvalue weighted by atomic mass is 28.1. The Morgan fingerprint density at radius 3 is 2.45 bits per heavy atom. The molecular formula is C17H17O2Si. The van der Waals surface area contributed by atoms with Gasteiger partial charge in [-0.25, -0.2) is 0 Å². The second kappa shape index (κ2) is 5.42. The minimum absolute atomic E-state index is 0.291. The van der Waals surface area contributed by atoms with E-state index in [4.69, 9.17) is 4.74 Å². The summed E-state index contributed by atoms with van der Waals surface area (Å²) in [6.07, 6.45) is 3.31. The van der Waals surface area contributed by atoms with Crippen molar-refractivity contribution in [2.24, 2.45) is 0 Å². The van der Waals surface area contributed by atoms with Crippen molar-refractivity contribution in [2.75, 3.05) is 6.61 Å². The number of phenols is 1. The molecule has 1 aliphatic heterocycles. The van der Waals surface area contributed by atoms with Crippen LogP contribution in [0.2, 0.25) is 0 Å². The molecule has 0 amide bonds. The van der Waals surface area contributed by atoms with Crippen molar-refractivity contribution >= 4 is 10.2 Å². The maximum Gasteiger partial charge on any atom is 0.116 e. The lowest BCUT2D eigenvalue weighted by atomic mass is 9.97. The standard InChI is InChI=1S/C17H17O2Si/c18-16-5-3-4-14(12-16)13-6-8-15(9-7-13)17(20)10-1-2-11-19-17/h3-9,12,18H,1-2,10-11H2. The highest BCUT2D eigenvalue weighted by Gasteiger charge is 2.29. The van der Waals surface area contributed by atoms with Gasteiger partial charge in [0, 0.05) is 6.61 Å². The molecule has 1 atom stereocenters. The summed E-state index contributed by atoms with van der Waals surface area (Å²) in [6, 6.07) is 15.6. The van der Waals surface area contributed by atoms with Crippen LogP contribution in [0.1, 0.15) is 24.8 Å². The lowest BCUT2D eigenvalue weighted by Crippen LogP contribution is -2.33. The van der Waals surface area contributed by atoms with Crippen molar-refractivity contribution in [3.63, 3.8) is 0 Å². The van der Waals surface area contributed by atoms with E-state index < -0.39 is 0 Å². The zero-order valence-corrected chi connectivity index (χ0v) is 12.3. The van der Waals surface area contributed by atoms with Gasteiger partial charge in [0.05, 0.1) is 15.5 Å². The van der Waals surface area contributed by atoms with Crippen LogP contribution < -0.4 is 0 Å². The number of rotatable bonds is 2. The smallest absolute Gasteiger partial charge is 0.116 e. The van der Waals surface area contributed by atoms with Gasteiger partial charge in [-0.3, -0.25) is 0 Å². The van der Waals surface area contributed by atoms with Crippen LogP contribution in [-0.4, -0.2) is 22.0 Å². The van der Waals surface area contributed by atoms with Crippen molar-refractivity contribution in [3.8, 4) is 16.9 Å². The van der Waals surface area contributed by atoms with E-state index in [2.05, 4.69) is 34.5 Å². The molecule has 1 heterocycles. The third kappa shape index (κ3) is 2.64. The Bertz CT molecular complexity index is 586. The van der Waals surface area contributed by atoms with E-state index in [9.17, 15) is 5.11 Å². The number of ether oxygens (including phenoxy) is 1. The fourth-order valence-corrected chi connectivity index (χ4v) is 3.09. The summed E-state index contributed by atoms with van der Waals surface area (Å²) in [6.45, 7) is 0.803. The molecule has 1 saturated heterocycles. The Morgan fingerprint density at radius 1 is 1.00 bits per heavy atom. The topological polar surface area (TPSA) is 29.5 Å². The van der Waals surface area contributed by atoms with Crippen LogP contribution in [0.5, 0.6) is 5.75 Å². The van der Waals surface area contributed by atoms with Gasteiger partial charge in [0.15, 0.2) is 0 Å². The SMILES string of the molecule is Oc1cccc(-c2ccc(C3([Si])CCCCO3)cc2)c1. The van der Waals surface area contributed by atoms with E-state index in [1.54, 1.807) is 12.1 Å². The minimum atomic E-state index is -0.338. The molecule has 3 rings (SSSR count). The number of hydrogen-bond donors (Lipinski definition) is 1. The fourth-order valence-electron chi connectivity index (χ4n) is 2.64. The fraction of sp³-hybridized carbons (Fsp3) is 0.294. The quantitative estimate of drug-likeness (QED) is 0.853. The molecule has 101 valence electrons. The molecule has 2 aromatic carbocycles. The summed E-state index contributed by atoms with van der Waals surface area (Å²) in [4.78, 5) is 0. The highest BCUT2D eigenvalue weighted by Crippen LogP contribution is 2.33. The van der Waals surface area contributed by atoms with Gasteiger partial charge in [-0.1, -0.05) is 36.4 Å². The van der Waals surface area contributed by atoms with Crippen LogP contribution in [-0.2, 0) is 9.96 Å². The first kappa shape index (κ1) is 13.4. The third-order valence-electron chi connectivity index (χ3n) is 3.80. The Hall–Kier alpha value is -1.58. The average molecular weight is 281 g/mol. The number of phenolic OH excluding ortho intramolecular Hbond substituents is 1. The van der Waals surface area contributed by atoms with Gasteiger partial charge < -0.3 is 9.84 Å². The molecule has 2 aromatic rings. The second-order valence-corrected chi connectivity index (χ2v) is 6.07. The molecule has 2 nitrogen and oxygen atoms in total. The molecular weight excluding hydrogens is 264 g/mol. The molecule has 1 unspecified atom stereocenters. The van der Waals surface area contributed by atoms with Crippen LogP contribution in [0.4, 0.5) is 0 Å². The summed E-state index contributed by atoms with van der Waals surface area (Å²) < 4.78 is 5.89. The van der Waals surface area contributed by atoms with Crippen molar-refractivity contribution in [1.82, 2.24) is 0 Å². The first-order chi connectivity index (χ1) is 9.67. The zero-order chi connectivity index (χ0) is 14.0. The summed E-state index contributed by atoms with van der Waals surface area (Å²) in [5, 5.41) is 9.21. The molecule has 1 fully saturated rings. The number of aromatic hydroxyl groups is 1. The number of hydrogen-bond acceptors (Lipinski definition) is 2. The Kier molecular flexibility index (Phi) is 3.64. The molecule has 0 saturated carbocycles. The molecule has 3 heteroatoms. The van der Waals surface area contributed by atoms with E-state index >= 15 is 0 Å². The van der Waals surface area contributed by atoms with E-state index in [1.165, 1.54) is 6.42 Å². The highest BCUT2D eigenvalue weighted by molar-refractivity contribution is 6.14. The average Bonchev–Trinajstić information content (AvgIpc) is 2.48. The van der Waals surface area contributed by atoms with Gasteiger partial charge in [-0.05, 0) is 48.1 Å². The third-order valence-corrected chi connectivity index (χ3v) is 4.49. The summed E-state index contributed by atoms with van der Waals surface area (Å²) >= 11 is 0. The van der Waals surface area contributed by atoms with Gasteiger partial charge >= 0.3 is 0 Å². The zero-order valence-electron chi connectivity index (χ0n) is 11.3. The van der Waals surface area contributed by atoms with Crippen LogP contribution in [0.25, 0.3) is 11.1 Å². The Balaban J connectivity index is 1.88. The van der Waals surface area contributed by atoms with Crippen molar-refractivity contribution in [3.05, 3.63) is 54.1 Å². The van der Waals surface area contributed by atoms with Crippen LogP contribution in [0, 0.1) is 0 Å². The first-order valence-corrected chi connectivity index (χ1v) is 7.46. The minimum Gasteiger partial charge on any atom is -0.508 e. The van der Waals surface area contributed by atoms with Gasteiger partial charge in [-0.2, -0.15) is 0 Å². The lowest BCUT2D eigenvalue weighted by molar-refractivity contribution is -0.0210. The summed E-state index contributed by atoms with van der Waals surface area (Å²) in [5.74, 6) is 0.291. The van der Waals surface area contributed by atoms with Crippen molar-refractivity contribution < 1.29 is 9.84 Å². The predicted molar refractivity (Wildman–Crippen MR) is 80.8 cm³/mol. The predicted octanol–water partition coefficient (Wildman–Crippen LogP) is 3.58. The molecule has 0 spiro atoms. The molecule has 1 aliphatic rings. The molecule has 3 radical (unpaired) electrons. The van der Waals surface area contributed by atoms with Crippen LogP contribution in [0.3, 0.4) is 0 Å². The van der Waals surface area contributed by atoms with E-state index in [0.29, 0.717) is 5.75 Å². The van der Waals surface area contributed by atoms with E-state index in [1.807, 2.05) is 12.1 Å². The summed E-state index contributed by atoms with van der Waals surface area (Å²) in [5.41, 5.74) is 3.26.